The molecule has 2 heterocycles. The minimum Gasteiger partial charge on any atom is -0.317 e. The van der Waals surface area contributed by atoms with Gasteiger partial charge in [0.2, 0.25) is 10.0 Å². The summed E-state index contributed by atoms with van der Waals surface area (Å²) in [6, 6.07) is 8.16. The molecule has 2 aliphatic heterocycles. The summed E-state index contributed by atoms with van der Waals surface area (Å²) < 4.78 is 26.8. The molecule has 0 atom stereocenters. The molecule has 1 fully saturated rings. The molecule has 0 saturated carbocycles. The van der Waals surface area contributed by atoms with Gasteiger partial charge in [-0.2, -0.15) is 4.31 Å². The van der Waals surface area contributed by atoms with E-state index < -0.39 is 10.0 Å². The third-order valence-electron chi connectivity index (χ3n) is 4.39. The molecule has 1 N–H and O–H groups in total. The van der Waals surface area contributed by atoms with Gasteiger partial charge >= 0.3 is 0 Å². The lowest BCUT2D eigenvalue weighted by Crippen LogP contribution is -2.40. The molecule has 0 bridgehead atoms. The molecule has 0 aromatic heterocycles. The molecule has 0 radical (unpaired) electrons. The van der Waals surface area contributed by atoms with Crippen LogP contribution >= 0.6 is 0 Å². The van der Waals surface area contributed by atoms with Crippen LogP contribution in [0.5, 0.6) is 0 Å². The number of nitrogens with one attached hydrogen (secondary N) is 1. The van der Waals surface area contributed by atoms with E-state index in [0.29, 0.717) is 24.8 Å². The highest BCUT2D eigenvalue weighted by Gasteiger charge is 2.29. The highest BCUT2D eigenvalue weighted by atomic mass is 32.2. The van der Waals surface area contributed by atoms with Gasteiger partial charge in [-0.15, -0.1) is 0 Å². The van der Waals surface area contributed by atoms with Gasteiger partial charge in [0.25, 0.3) is 0 Å². The molecule has 1 aromatic carbocycles. The third-order valence-corrected chi connectivity index (χ3v) is 6.39. The van der Waals surface area contributed by atoms with Crippen molar-refractivity contribution in [1.82, 2.24) is 9.62 Å². The van der Waals surface area contributed by atoms with Crippen LogP contribution in [0.15, 0.2) is 24.3 Å². The number of benzene rings is 1. The van der Waals surface area contributed by atoms with Crippen LogP contribution < -0.4 is 5.32 Å². The zero-order valence-corrected chi connectivity index (χ0v) is 12.5. The summed E-state index contributed by atoms with van der Waals surface area (Å²) in [5, 5.41) is 3.28. The van der Waals surface area contributed by atoms with E-state index in [2.05, 4.69) is 11.4 Å². The minimum absolute atomic E-state index is 0.316. The van der Waals surface area contributed by atoms with E-state index in [-0.39, 0.29) is 0 Å². The van der Waals surface area contributed by atoms with E-state index >= 15 is 0 Å². The largest absolute Gasteiger partial charge is 0.317 e. The fraction of sp³-hybridized carbons (Fsp3) is 0.600. The second kappa shape index (κ2) is 5.84. The van der Waals surface area contributed by atoms with Crippen LogP contribution in [0.1, 0.15) is 24.0 Å². The van der Waals surface area contributed by atoms with Crippen LogP contribution in [0.2, 0.25) is 0 Å². The highest BCUT2D eigenvalue weighted by Crippen LogP contribution is 2.23. The highest BCUT2D eigenvalue weighted by molar-refractivity contribution is 7.89. The van der Waals surface area contributed by atoms with Crippen LogP contribution in [-0.2, 0) is 23.0 Å². The summed E-state index contributed by atoms with van der Waals surface area (Å²) in [4.78, 5) is 0. The number of piperidine rings is 1. The van der Waals surface area contributed by atoms with E-state index in [9.17, 15) is 8.42 Å². The van der Waals surface area contributed by atoms with E-state index in [4.69, 9.17) is 0 Å². The van der Waals surface area contributed by atoms with E-state index in [1.165, 1.54) is 5.56 Å². The first-order valence-corrected chi connectivity index (χ1v) is 9.01. The van der Waals surface area contributed by atoms with Crippen LogP contribution in [0, 0.1) is 5.92 Å². The SMILES string of the molecule is O=S(=O)(CC1CCNCC1)N1CCc2ccccc2C1. The van der Waals surface area contributed by atoms with Gasteiger partial charge in [-0.25, -0.2) is 8.42 Å². The monoisotopic (exact) mass is 294 g/mol. The summed E-state index contributed by atoms with van der Waals surface area (Å²) in [5.41, 5.74) is 2.45. The van der Waals surface area contributed by atoms with Crippen molar-refractivity contribution >= 4 is 10.0 Å². The number of nitrogens with zero attached hydrogens (tertiary/aromatic N) is 1. The number of rotatable bonds is 3. The van der Waals surface area contributed by atoms with Gasteiger partial charge in [0, 0.05) is 13.1 Å². The second-order valence-corrected chi connectivity index (χ2v) is 7.84. The number of fused-ring (bicyclic) bond motifs is 1. The van der Waals surface area contributed by atoms with Crippen LogP contribution in [0.4, 0.5) is 0 Å². The smallest absolute Gasteiger partial charge is 0.214 e. The Kier molecular flexibility index (Phi) is 4.10. The zero-order valence-electron chi connectivity index (χ0n) is 11.7. The lowest BCUT2D eigenvalue weighted by atomic mass is 10.0. The molecular weight excluding hydrogens is 272 g/mol. The first-order valence-electron chi connectivity index (χ1n) is 7.40. The van der Waals surface area contributed by atoms with Crippen molar-refractivity contribution in [3.05, 3.63) is 35.4 Å². The molecule has 0 amide bonds. The topological polar surface area (TPSA) is 49.4 Å². The molecule has 110 valence electrons. The number of hydrogen-bond donors (Lipinski definition) is 1. The molecule has 5 heteroatoms. The molecule has 0 unspecified atom stereocenters. The minimum atomic E-state index is -3.12. The molecular formula is C15H22N2O2S. The van der Waals surface area contributed by atoms with Crippen molar-refractivity contribution in [3.63, 3.8) is 0 Å². The van der Waals surface area contributed by atoms with Crippen molar-refractivity contribution in [2.24, 2.45) is 5.92 Å². The molecule has 1 aromatic rings. The fourth-order valence-electron chi connectivity index (χ4n) is 3.16. The Morgan fingerprint density at radius 3 is 2.60 bits per heavy atom. The quantitative estimate of drug-likeness (QED) is 0.916. The van der Waals surface area contributed by atoms with E-state index in [1.807, 2.05) is 18.2 Å². The summed E-state index contributed by atoms with van der Waals surface area (Å²) in [6.45, 7) is 3.07. The van der Waals surface area contributed by atoms with E-state index in [1.54, 1.807) is 4.31 Å². The van der Waals surface area contributed by atoms with Gasteiger partial charge in [-0.3, -0.25) is 0 Å². The van der Waals surface area contributed by atoms with Crippen LogP contribution in [0.3, 0.4) is 0 Å². The maximum atomic E-state index is 12.6. The zero-order chi connectivity index (χ0) is 14.0. The summed E-state index contributed by atoms with van der Waals surface area (Å²) in [7, 11) is -3.12. The number of sulfonamides is 1. The Bertz CT molecular complexity index is 565. The second-order valence-electron chi connectivity index (χ2n) is 5.82. The fourth-order valence-corrected chi connectivity index (χ4v) is 5.00. The Balaban J connectivity index is 1.69. The average Bonchev–Trinajstić information content (AvgIpc) is 2.47. The summed E-state index contributed by atoms with van der Waals surface area (Å²) in [6.07, 6.45) is 2.79. The lowest BCUT2D eigenvalue weighted by molar-refractivity contribution is 0.365. The predicted octanol–water partition coefficient (Wildman–Crippen LogP) is 1.37. The van der Waals surface area contributed by atoms with Crippen molar-refractivity contribution in [2.45, 2.75) is 25.8 Å². The number of hydrogen-bond acceptors (Lipinski definition) is 3. The van der Waals surface area contributed by atoms with Crippen LogP contribution in [0.25, 0.3) is 0 Å². The standard InChI is InChI=1S/C15H22N2O2S/c18-20(19,12-13-5-8-16-9-6-13)17-10-7-14-3-1-2-4-15(14)11-17/h1-4,13,16H,5-12H2. The maximum Gasteiger partial charge on any atom is 0.214 e. The van der Waals surface area contributed by atoms with Crippen molar-refractivity contribution in [3.8, 4) is 0 Å². The Hall–Kier alpha value is -0.910. The Labute approximate surface area is 121 Å². The average molecular weight is 294 g/mol. The van der Waals surface area contributed by atoms with Gasteiger partial charge < -0.3 is 5.32 Å². The molecule has 3 rings (SSSR count). The maximum absolute atomic E-state index is 12.6. The normalized spacial score (nSPS) is 21.6. The van der Waals surface area contributed by atoms with Crippen molar-refractivity contribution in [1.29, 1.82) is 0 Å². The Morgan fingerprint density at radius 2 is 1.85 bits per heavy atom. The van der Waals surface area contributed by atoms with Gasteiger partial charge in [0.05, 0.1) is 5.75 Å². The van der Waals surface area contributed by atoms with Gasteiger partial charge in [-0.1, -0.05) is 24.3 Å². The lowest BCUT2D eigenvalue weighted by Gasteiger charge is -2.30. The van der Waals surface area contributed by atoms with Crippen molar-refractivity contribution in [2.75, 3.05) is 25.4 Å². The van der Waals surface area contributed by atoms with Gasteiger partial charge in [0.15, 0.2) is 0 Å². The summed E-state index contributed by atoms with van der Waals surface area (Å²) in [5.74, 6) is 0.634. The molecule has 0 spiro atoms. The molecule has 20 heavy (non-hydrogen) atoms. The first kappa shape index (κ1) is 14.0. The van der Waals surface area contributed by atoms with Gasteiger partial charge in [-0.05, 0) is 49.4 Å². The van der Waals surface area contributed by atoms with Gasteiger partial charge in [0.1, 0.15) is 0 Å². The molecule has 4 nitrogen and oxygen atoms in total. The van der Waals surface area contributed by atoms with E-state index in [0.717, 1.165) is 37.9 Å². The molecule has 0 aliphatic carbocycles. The third kappa shape index (κ3) is 3.05. The first-order chi connectivity index (χ1) is 9.65. The summed E-state index contributed by atoms with van der Waals surface area (Å²) >= 11 is 0. The Morgan fingerprint density at radius 1 is 1.15 bits per heavy atom. The van der Waals surface area contributed by atoms with Crippen molar-refractivity contribution < 1.29 is 8.42 Å². The molecule has 1 saturated heterocycles. The predicted molar refractivity (Wildman–Crippen MR) is 79.9 cm³/mol. The molecule has 2 aliphatic rings. The van der Waals surface area contributed by atoms with Crippen LogP contribution in [-0.4, -0.2) is 38.1 Å².